The van der Waals surface area contributed by atoms with Crippen molar-refractivity contribution in [2.75, 3.05) is 0 Å². The Morgan fingerprint density at radius 3 is 1.31 bits per heavy atom. The topological polar surface area (TPSA) is 77.4 Å². The van der Waals surface area contributed by atoms with Crippen molar-refractivity contribution in [3.05, 3.63) is 0 Å². The molecule has 0 amide bonds. The second-order valence-electron chi connectivity index (χ2n) is 8.63. The van der Waals surface area contributed by atoms with E-state index in [1.165, 1.54) is 64.2 Å². The van der Waals surface area contributed by atoms with E-state index in [0.717, 1.165) is 44.9 Å². The van der Waals surface area contributed by atoms with E-state index in [4.69, 9.17) is 0 Å². The molecule has 29 heavy (non-hydrogen) atoms. The quantitative estimate of drug-likeness (QED) is 0.162. The van der Waals surface area contributed by atoms with Crippen LogP contribution >= 0.6 is 0 Å². The summed E-state index contributed by atoms with van der Waals surface area (Å²) in [5.41, 5.74) is 0. The third-order valence-corrected chi connectivity index (χ3v) is 6.97. The van der Waals surface area contributed by atoms with Crippen LogP contribution in [0.5, 0.6) is 0 Å². The van der Waals surface area contributed by atoms with Crippen LogP contribution in [0, 0.1) is 0 Å². The first-order valence-electron chi connectivity index (χ1n) is 12.0. The van der Waals surface area contributed by atoms with Gasteiger partial charge in [-0.05, 0) is 26.2 Å². The summed E-state index contributed by atoms with van der Waals surface area (Å²) < 4.78 is 34.4. The first-order valence-corrected chi connectivity index (χ1v) is 13.5. The molecule has 0 saturated heterocycles. The van der Waals surface area contributed by atoms with Crippen molar-refractivity contribution in [2.45, 2.75) is 147 Å². The number of rotatable bonds is 21. The molecule has 4 nitrogen and oxygen atoms in total. The Morgan fingerprint density at radius 1 is 0.655 bits per heavy atom. The SMILES string of the molecule is CCCCCCCCCCCCCCCC(CCCCCC(C)O)S(=O)(=O)[O-].[K+]. The number of aliphatic hydroxyl groups excluding tert-OH is 1. The summed E-state index contributed by atoms with van der Waals surface area (Å²) in [7, 11) is -4.18. The first kappa shape index (κ1) is 32.7. The smallest absolute Gasteiger partial charge is 0.748 e. The van der Waals surface area contributed by atoms with E-state index in [2.05, 4.69) is 6.92 Å². The molecule has 1 N–H and O–H groups in total. The zero-order valence-electron chi connectivity index (χ0n) is 19.7. The van der Waals surface area contributed by atoms with Crippen LogP contribution in [0.1, 0.15) is 136 Å². The Balaban J connectivity index is 0. The normalized spacial score (nSPS) is 13.8. The van der Waals surface area contributed by atoms with Crippen LogP contribution in [0.2, 0.25) is 0 Å². The maximum atomic E-state index is 11.5. The molecule has 0 bridgehead atoms. The molecular formula is C23H47KO4S. The Bertz CT molecular complexity index is 427. The summed E-state index contributed by atoms with van der Waals surface area (Å²) >= 11 is 0. The van der Waals surface area contributed by atoms with Crippen molar-refractivity contribution in [2.24, 2.45) is 0 Å². The minimum atomic E-state index is -4.18. The fourth-order valence-electron chi connectivity index (χ4n) is 3.81. The van der Waals surface area contributed by atoms with Gasteiger partial charge in [-0.2, -0.15) is 0 Å². The van der Waals surface area contributed by atoms with Gasteiger partial charge in [0.15, 0.2) is 0 Å². The molecule has 2 unspecified atom stereocenters. The van der Waals surface area contributed by atoms with Crippen molar-refractivity contribution in [3.63, 3.8) is 0 Å². The molecule has 0 heterocycles. The van der Waals surface area contributed by atoms with Crippen molar-refractivity contribution in [1.29, 1.82) is 0 Å². The van der Waals surface area contributed by atoms with E-state index in [0.29, 0.717) is 12.8 Å². The molecule has 170 valence electrons. The Labute approximate surface area is 224 Å². The molecule has 0 fully saturated rings. The van der Waals surface area contributed by atoms with Crippen molar-refractivity contribution in [1.82, 2.24) is 0 Å². The number of unbranched alkanes of at least 4 members (excludes halogenated alkanes) is 14. The van der Waals surface area contributed by atoms with Crippen LogP contribution in [0.3, 0.4) is 0 Å². The fraction of sp³-hybridized carbons (Fsp3) is 1.00. The fourth-order valence-corrected chi connectivity index (χ4v) is 4.72. The molecule has 0 aliphatic heterocycles. The molecule has 0 aliphatic carbocycles. The summed E-state index contributed by atoms with van der Waals surface area (Å²) in [6.45, 7) is 4.01. The third kappa shape index (κ3) is 24.0. The monoisotopic (exact) mass is 458 g/mol. The Morgan fingerprint density at radius 2 is 0.966 bits per heavy atom. The molecule has 0 aliphatic rings. The van der Waals surface area contributed by atoms with E-state index in [1.54, 1.807) is 6.92 Å². The summed E-state index contributed by atoms with van der Waals surface area (Å²) in [6.07, 6.45) is 20.4. The number of hydrogen-bond donors (Lipinski definition) is 1. The molecule has 2 atom stereocenters. The zero-order valence-corrected chi connectivity index (χ0v) is 23.6. The van der Waals surface area contributed by atoms with Gasteiger partial charge in [0.25, 0.3) is 0 Å². The molecule has 0 aromatic carbocycles. The molecule has 0 spiro atoms. The summed E-state index contributed by atoms with van der Waals surface area (Å²) in [6, 6.07) is 0. The predicted octanol–water partition coefficient (Wildman–Crippen LogP) is 3.72. The number of hydrogen-bond acceptors (Lipinski definition) is 4. The van der Waals surface area contributed by atoms with Gasteiger partial charge in [0.1, 0.15) is 0 Å². The van der Waals surface area contributed by atoms with Gasteiger partial charge in [0.2, 0.25) is 0 Å². The van der Waals surface area contributed by atoms with Crippen molar-refractivity contribution >= 4 is 10.1 Å². The molecule has 0 aromatic heterocycles. The second-order valence-corrected chi connectivity index (χ2v) is 10.3. The maximum absolute atomic E-state index is 11.5. The van der Waals surface area contributed by atoms with Crippen LogP contribution in [-0.4, -0.2) is 29.4 Å². The molecule has 0 aromatic rings. The van der Waals surface area contributed by atoms with Crippen molar-refractivity contribution < 1.29 is 69.5 Å². The molecule has 0 saturated carbocycles. The minimum absolute atomic E-state index is 0. The Kier molecular flexibility index (Phi) is 25.6. The van der Waals surface area contributed by atoms with Gasteiger partial charge in [0, 0.05) is 5.25 Å². The van der Waals surface area contributed by atoms with Crippen molar-refractivity contribution in [3.8, 4) is 0 Å². The van der Waals surface area contributed by atoms with E-state index in [-0.39, 0.29) is 57.5 Å². The maximum Gasteiger partial charge on any atom is 1.00 e. The summed E-state index contributed by atoms with van der Waals surface area (Å²) in [4.78, 5) is 0. The van der Waals surface area contributed by atoms with Gasteiger partial charge in [-0.3, -0.25) is 0 Å². The van der Waals surface area contributed by atoms with Gasteiger partial charge in [-0.25, -0.2) is 8.42 Å². The van der Waals surface area contributed by atoms with Crippen LogP contribution < -0.4 is 51.4 Å². The molecule has 6 heteroatoms. The van der Waals surface area contributed by atoms with Crippen LogP contribution in [-0.2, 0) is 10.1 Å². The number of aliphatic hydroxyl groups is 1. The van der Waals surface area contributed by atoms with Crippen LogP contribution in [0.4, 0.5) is 0 Å². The van der Waals surface area contributed by atoms with Crippen LogP contribution in [0.15, 0.2) is 0 Å². The molecular weight excluding hydrogens is 411 g/mol. The van der Waals surface area contributed by atoms with E-state index in [1.807, 2.05) is 0 Å². The van der Waals surface area contributed by atoms with Gasteiger partial charge in [0.05, 0.1) is 16.2 Å². The second kappa shape index (κ2) is 22.7. The molecule has 0 rings (SSSR count). The van der Waals surface area contributed by atoms with Gasteiger partial charge < -0.3 is 9.66 Å². The minimum Gasteiger partial charge on any atom is -0.748 e. The molecule has 0 radical (unpaired) electrons. The largest absolute Gasteiger partial charge is 1.00 e. The summed E-state index contributed by atoms with van der Waals surface area (Å²) in [5, 5.41) is 8.52. The average molecular weight is 459 g/mol. The Hall–Kier alpha value is 1.51. The average Bonchev–Trinajstić information content (AvgIpc) is 2.62. The van der Waals surface area contributed by atoms with E-state index < -0.39 is 15.4 Å². The third-order valence-electron chi connectivity index (χ3n) is 5.69. The standard InChI is InChI=1S/C23H48O4S.K/c1-3-4-5-6-7-8-9-10-11-12-13-14-17-20-23(28(25,26)27)21-18-15-16-19-22(2)24;/h22-24H,3-21H2,1-2H3,(H,25,26,27);/q;+1/p-1. The summed E-state index contributed by atoms with van der Waals surface area (Å²) in [5.74, 6) is 0. The van der Waals surface area contributed by atoms with Gasteiger partial charge >= 0.3 is 51.4 Å². The first-order chi connectivity index (χ1) is 13.4. The van der Waals surface area contributed by atoms with E-state index in [9.17, 15) is 18.1 Å². The van der Waals surface area contributed by atoms with E-state index >= 15 is 0 Å². The van der Waals surface area contributed by atoms with Gasteiger partial charge in [-0.15, -0.1) is 0 Å². The van der Waals surface area contributed by atoms with Crippen LogP contribution in [0.25, 0.3) is 0 Å². The predicted molar refractivity (Wildman–Crippen MR) is 119 cm³/mol. The van der Waals surface area contributed by atoms with Gasteiger partial charge in [-0.1, -0.05) is 110 Å². The zero-order chi connectivity index (χ0) is 21.1.